The summed E-state index contributed by atoms with van der Waals surface area (Å²) >= 11 is 0. The van der Waals surface area contributed by atoms with Crippen LogP contribution in [-0.2, 0) is 15.0 Å². The van der Waals surface area contributed by atoms with Crippen LogP contribution in [0.4, 0.5) is 0 Å². The number of carbonyl (C=O) groups excluding carboxylic acids is 1. The monoisotopic (exact) mass is 247 g/mol. The summed E-state index contributed by atoms with van der Waals surface area (Å²) in [5.74, 6) is -1.02. The van der Waals surface area contributed by atoms with Gasteiger partial charge in [0, 0.05) is 6.54 Å². The summed E-state index contributed by atoms with van der Waals surface area (Å²) in [6.07, 6.45) is 1.62. The topological polar surface area (TPSA) is 57.6 Å². The molecule has 1 fully saturated rings. The van der Waals surface area contributed by atoms with E-state index in [2.05, 4.69) is 0 Å². The van der Waals surface area contributed by atoms with Gasteiger partial charge in [0.05, 0.1) is 5.41 Å². The van der Waals surface area contributed by atoms with Gasteiger partial charge in [-0.2, -0.15) is 0 Å². The fraction of sp³-hybridized carbons (Fsp3) is 0.429. The average molecular weight is 247 g/mol. The zero-order valence-electron chi connectivity index (χ0n) is 10.4. The normalized spacial score (nSPS) is 16.1. The lowest BCUT2D eigenvalue weighted by molar-refractivity contribution is -0.145. The Labute approximate surface area is 106 Å². The Kier molecular flexibility index (Phi) is 3.36. The number of rotatable bonds is 5. The maximum atomic E-state index is 12.5. The number of hydrogen-bond acceptors (Lipinski definition) is 2. The van der Waals surface area contributed by atoms with E-state index in [1.807, 2.05) is 37.3 Å². The van der Waals surface area contributed by atoms with Crippen molar-refractivity contribution in [1.29, 1.82) is 0 Å². The summed E-state index contributed by atoms with van der Waals surface area (Å²) in [7, 11) is 0. The number of amides is 1. The van der Waals surface area contributed by atoms with Gasteiger partial charge in [0.25, 0.3) is 0 Å². The second kappa shape index (κ2) is 4.80. The SMILES string of the molecule is CCN(CC(=O)O)C(=O)C1(c2ccccc2)CC1. The van der Waals surface area contributed by atoms with E-state index in [1.54, 1.807) is 0 Å². The van der Waals surface area contributed by atoms with Crippen LogP contribution in [0.5, 0.6) is 0 Å². The van der Waals surface area contributed by atoms with E-state index >= 15 is 0 Å². The summed E-state index contributed by atoms with van der Waals surface area (Å²) in [6.45, 7) is 2.02. The van der Waals surface area contributed by atoms with Gasteiger partial charge in [-0.05, 0) is 25.3 Å². The molecule has 96 valence electrons. The van der Waals surface area contributed by atoms with Crippen LogP contribution in [0.3, 0.4) is 0 Å². The Bertz CT molecular complexity index is 451. The molecule has 1 saturated carbocycles. The molecule has 1 N–H and O–H groups in total. The van der Waals surface area contributed by atoms with E-state index in [1.165, 1.54) is 4.90 Å². The van der Waals surface area contributed by atoms with Crippen molar-refractivity contribution in [3.63, 3.8) is 0 Å². The first kappa shape index (κ1) is 12.6. The van der Waals surface area contributed by atoms with Crippen LogP contribution >= 0.6 is 0 Å². The Morgan fingerprint density at radius 1 is 1.28 bits per heavy atom. The second-order valence-corrected chi connectivity index (χ2v) is 4.66. The van der Waals surface area contributed by atoms with Crippen LogP contribution < -0.4 is 0 Å². The maximum absolute atomic E-state index is 12.5. The van der Waals surface area contributed by atoms with E-state index in [-0.39, 0.29) is 12.5 Å². The number of carbonyl (C=O) groups is 2. The van der Waals surface area contributed by atoms with Gasteiger partial charge in [-0.15, -0.1) is 0 Å². The molecule has 18 heavy (non-hydrogen) atoms. The molecule has 0 bridgehead atoms. The molecule has 0 atom stereocenters. The smallest absolute Gasteiger partial charge is 0.323 e. The largest absolute Gasteiger partial charge is 0.480 e. The van der Waals surface area contributed by atoms with Crippen LogP contribution in [0.25, 0.3) is 0 Å². The van der Waals surface area contributed by atoms with Gasteiger partial charge >= 0.3 is 5.97 Å². The Hall–Kier alpha value is -1.84. The van der Waals surface area contributed by atoms with Crippen molar-refractivity contribution in [2.24, 2.45) is 0 Å². The molecule has 0 aromatic heterocycles. The molecule has 4 nitrogen and oxygen atoms in total. The Balaban J connectivity index is 2.20. The average Bonchev–Trinajstić information content (AvgIpc) is 3.17. The number of carboxylic acids is 1. The molecule has 1 aromatic carbocycles. The third-order valence-electron chi connectivity index (χ3n) is 3.48. The highest BCUT2D eigenvalue weighted by Crippen LogP contribution is 2.49. The molecule has 1 aliphatic rings. The molecular formula is C14H17NO3. The third-order valence-corrected chi connectivity index (χ3v) is 3.48. The first-order chi connectivity index (χ1) is 8.60. The molecule has 1 amide bonds. The Morgan fingerprint density at radius 3 is 2.33 bits per heavy atom. The fourth-order valence-corrected chi connectivity index (χ4v) is 2.30. The van der Waals surface area contributed by atoms with E-state index in [9.17, 15) is 9.59 Å². The Morgan fingerprint density at radius 2 is 1.89 bits per heavy atom. The molecule has 0 radical (unpaired) electrons. The molecule has 1 aliphatic carbocycles. The van der Waals surface area contributed by atoms with E-state index in [4.69, 9.17) is 5.11 Å². The lowest BCUT2D eigenvalue weighted by Crippen LogP contribution is -2.42. The van der Waals surface area contributed by atoms with Crippen LogP contribution in [0.2, 0.25) is 0 Å². The van der Waals surface area contributed by atoms with Crippen molar-refractivity contribution in [3.05, 3.63) is 35.9 Å². The summed E-state index contributed by atoms with van der Waals surface area (Å²) in [4.78, 5) is 24.6. The predicted octanol–water partition coefficient (Wildman–Crippen LogP) is 1.65. The quantitative estimate of drug-likeness (QED) is 0.860. The molecule has 1 aromatic rings. The molecule has 0 saturated heterocycles. The summed E-state index contributed by atoms with van der Waals surface area (Å²) in [6, 6.07) is 9.63. The first-order valence-corrected chi connectivity index (χ1v) is 6.17. The van der Waals surface area contributed by atoms with Crippen LogP contribution in [0.1, 0.15) is 25.3 Å². The van der Waals surface area contributed by atoms with E-state index in [0.29, 0.717) is 6.54 Å². The van der Waals surface area contributed by atoms with Gasteiger partial charge in [-0.3, -0.25) is 9.59 Å². The minimum Gasteiger partial charge on any atom is -0.480 e. The van der Waals surface area contributed by atoms with Crippen LogP contribution in [0.15, 0.2) is 30.3 Å². The van der Waals surface area contributed by atoms with Crippen molar-refractivity contribution in [1.82, 2.24) is 4.90 Å². The van der Waals surface area contributed by atoms with Gasteiger partial charge in [0.1, 0.15) is 6.54 Å². The van der Waals surface area contributed by atoms with E-state index < -0.39 is 11.4 Å². The number of aliphatic carboxylic acids is 1. The molecule has 4 heteroatoms. The van der Waals surface area contributed by atoms with Crippen molar-refractivity contribution in [2.75, 3.05) is 13.1 Å². The lowest BCUT2D eigenvalue weighted by Gasteiger charge is -2.25. The molecule has 0 aliphatic heterocycles. The fourth-order valence-electron chi connectivity index (χ4n) is 2.30. The highest BCUT2D eigenvalue weighted by atomic mass is 16.4. The van der Waals surface area contributed by atoms with E-state index in [0.717, 1.165) is 18.4 Å². The van der Waals surface area contributed by atoms with Crippen molar-refractivity contribution < 1.29 is 14.7 Å². The summed E-state index contributed by atoms with van der Waals surface area (Å²) in [5.41, 5.74) is 0.533. The molecule has 0 heterocycles. The predicted molar refractivity (Wildman–Crippen MR) is 67.2 cm³/mol. The molecule has 2 rings (SSSR count). The molecule has 0 unspecified atom stereocenters. The lowest BCUT2D eigenvalue weighted by atomic mass is 9.94. The van der Waals surface area contributed by atoms with Crippen LogP contribution in [-0.4, -0.2) is 35.0 Å². The highest BCUT2D eigenvalue weighted by molar-refractivity contribution is 5.93. The second-order valence-electron chi connectivity index (χ2n) is 4.66. The number of nitrogens with zero attached hydrogens (tertiary/aromatic N) is 1. The maximum Gasteiger partial charge on any atom is 0.323 e. The summed E-state index contributed by atoms with van der Waals surface area (Å²) in [5, 5.41) is 8.83. The van der Waals surface area contributed by atoms with Gasteiger partial charge in [0.15, 0.2) is 0 Å². The van der Waals surface area contributed by atoms with Gasteiger partial charge in [-0.25, -0.2) is 0 Å². The number of carboxylic acid groups (broad SMARTS) is 1. The van der Waals surface area contributed by atoms with Gasteiger partial charge < -0.3 is 10.0 Å². The number of likely N-dealkylation sites (N-methyl/N-ethyl adjacent to an activating group) is 1. The highest BCUT2D eigenvalue weighted by Gasteiger charge is 2.52. The standard InChI is InChI=1S/C14H17NO3/c1-2-15(10-12(16)17)13(18)14(8-9-14)11-6-4-3-5-7-11/h3-7H,2,8-10H2,1H3,(H,16,17). The molecular weight excluding hydrogens is 230 g/mol. The van der Waals surface area contributed by atoms with Crippen molar-refractivity contribution >= 4 is 11.9 Å². The zero-order chi connectivity index (χ0) is 13.2. The first-order valence-electron chi connectivity index (χ1n) is 6.17. The zero-order valence-corrected chi connectivity index (χ0v) is 10.4. The van der Waals surface area contributed by atoms with Crippen molar-refractivity contribution in [3.8, 4) is 0 Å². The minimum atomic E-state index is -0.964. The molecule has 0 spiro atoms. The number of benzene rings is 1. The van der Waals surface area contributed by atoms with Crippen molar-refractivity contribution in [2.45, 2.75) is 25.2 Å². The summed E-state index contributed by atoms with van der Waals surface area (Å²) < 4.78 is 0. The third kappa shape index (κ3) is 2.23. The van der Waals surface area contributed by atoms with Gasteiger partial charge in [0.2, 0.25) is 5.91 Å². The van der Waals surface area contributed by atoms with Crippen LogP contribution in [0, 0.1) is 0 Å². The minimum absolute atomic E-state index is 0.0569. The van der Waals surface area contributed by atoms with Gasteiger partial charge in [-0.1, -0.05) is 30.3 Å². The number of hydrogen-bond donors (Lipinski definition) is 1.